The van der Waals surface area contributed by atoms with E-state index < -0.39 is 0 Å². The van der Waals surface area contributed by atoms with E-state index in [1.165, 1.54) is 24.4 Å². The first-order valence-corrected chi connectivity index (χ1v) is 5.18. The van der Waals surface area contributed by atoms with Crippen molar-refractivity contribution in [2.45, 2.75) is 39.2 Å². The minimum absolute atomic E-state index is 0.581. The Balaban J connectivity index is 2.37. The lowest BCUT2D eigenvalue weighted by atomic mass is 10.1. The molecule has 1 aromatic rings. The number of nitrogens with one attached hydrogen (secondary N) is 1. The summed E-state index contributed by atoms with van der Waals surface area (Å²) >= 11 is 1.42. The first kappa shape index (κ1) is 9.45. The lowest BCUT2D eigenvalue weighted by molar-refractivity contribution is 0.624. The van der Waals surface area contributed by atoms with Crippen molar-refractivity contribution in [1.82, 2.24) is 9.59 Å². The quantitative estimate of drug-likeness (QED) is 0.766. The van der Waals surface area contributed by atoms with Crippen molar-refractivity contribution in [3.8, 4) is 0 Å². The zero-order chi connectivity index (χ0) is 8.81. The molecule has 12 heavy (non-hydrogen) atoms. The zero-order valence-electron chi connectivity index (χ0n) is 7.58. The van der Waals surface area contributed by atoms with Gasteiger partial charge in [0, 0.05) is 17.6 Å². The lowest BCUT2D eigenvalue weighted by Crippen LogP contribution is -2.16. The highest BCUT2D eigenvalue weighted by Gasteiger charge is 2.05. The summed E-state index contributed by atoms with van der Waals surface area (Å²) in [7, 11) is 0. The second-order valence-electron chi connectivity index (χ2n) is 2.82. The van der Waals surface area contributed by atoms with Gasteiger partial charge in [0.15, 0.2) is 0 Å². The SMILES string of the molecule is CCCC(CC)Nc1cnns1. The van der Waals surface area contributed by atoms with Gasteiger partial charge in [0.1, 0.15) is 5.00 Å². The molecule has 1 heterocycles. The Morgan fingerprint density at radius 2 is 2.42 bits per heavy atom. The molecule has 4 heteroatoms. The topological polar surface area (TPSA) is 37.8 Å². The summed E-state index contributed by atoms with van der Waals surface area (Å²) in [6, 6.07) is 0.581. The number of hydrogen-bond donors (Lipinski definition) is 1. The van der Waals surface area contributed by atoms with Crippen molar-refractivity contribution in [2.24, 2.45) is 0 Å². The molecule has 0 spiro atoms. The molecule has 1 N–H and O–H groups in total. The zero-order valence-corrected chi connectivity index (χ0v) is 8.40. The van der Waals surface area contributed by atoms with Gasteiger partial charge in [-0.05, 0) is 12.8 Å². The number of hydrogen-bond acceptors (Lipinski definition) is 4. The molecule has 0 aliphatic heterocycles. The molecule has 0 saturated heterocycles. The highest BCUT2D eigenvalue weighted by Crippen LogP contribution is 2.14. The van der Waals surface area contributed by atoms with Gasteiger partial charge in [-0.25, -0.2) is 0 Å². The largest absolute Gasteiger partial charge is 0.372 e. The normalized spacial score (nSPS) is 12.8. The molecule has 3 nitrogen and oxygen atoms in total. The highest BCUT2D eigenvalue weighted by atomic mass is 32.1. The summed E-state index contributed by atoms with van der Waals surface area (Å²) in [5.41, 5.74) is 0. The predicted octanol–water partition coefficient (Wildman–Crippen LogP) is 2.53. The molecule has 0 bridgehead atoms. The molecule has 0 saturated carbocycles. The molecule has 1 atom stereocenters. The second kappa shape index (κ2) is 5.09. The van der Waals surface area contributed by atoms with Gasteiger partial charge in [-0.15, -0.1) is 5.10 Å². The average Bonchev–Trinajstić information content (AvgIpc) is 2.56. The third kappa shape index (κ3) is 2.77. The Bertz CT molecular complexity index is 198. The van der Waals surface area contributed by atoms with Crippen LogP contribution >= 0.6 is 11.5 Å². The number of rotatable bonds is 5. The van der Waals surface area contributed by atoms with Gasteiger partial charge < -0.3 is 5.32 Å². The van der Waals surface area contributed by atoms with Crippen LogP contribution < -0.4 is 5.32 Å². The standard InChI is InChI=1S/C8H15N3S/c1-3-5-7(4-2)10-8-6-9-11-12-8/h6-7,10H,3-5H2,1-2H3. The van der Waals surface area contributed by atoms with Crippen LogP contribution in [0.3, 0.4) is 0 Å². The fraction of sp³-hybridized carbons (Fsp3) is 0.750. The number of nitrogens with zero attached hydrogens (tertiary/aromatic N) is 2. The van der Waals surface area contributed by atoms with E-state index in [-0.39, 0.29) is 0 Å². The fourth-order valence-corrected chi connectivity index (χ4v) is 1.65. The van der Waals surface area contributed by atoms with E-state index in [2.05, 4.69) is 28.8 Å². The third-order valence-corrected chi connectivity index (χ3v) is 2.43. The molecule has 0 aliphatic carbocycles. The third-order valence-electron chi connectivity index (χ3n) is 1.84. The van der Waals surface area contributed by atoms with Crippen LogP contribution in [-0.2, 0) is 0 Å². The van der Waals surface area contributed by atoms with Gasteiger partial charge >= 0.3 is 0 Å². The molecule has 0 aromatic carbocycles. The molecule has 0 radical (unpaired) electrons. The Kier molecular flexibility index (Phi) is 4.00. The van der Waals surface area contributed by atoms with E-state index in [9.17, 15) is 0 Å². The van der Waals surface area contributed by atoms with Crippen LogP contribution in [0.15, 0.2) is 6.20 Å². The molecule has 1 aromatic heterocycles. The highest BCUT2D eigenvalue weighted by molar-refractivity contribution is 7.09. The maximum atomic E-state index is 3.80. The summed E-state index contributed by atoms with van der Waals surface area (Å²) in [4.78, 5) is 0. The van der Waals surface area contributed by atoms with E-state index in [4.69, 9.17) is 0 Å². The van der Waals surface area contributed by atoms with E-state index in [0.29, 0.717) is 6.04 Å². The van der Waals surface area contributed by atoms with Crippen LogP contribution in [0, 0.1) is 0 Å². The first-order chi connectivity index (χ1) is 5.86. The van der Waals surface area contributed by atoms with Crippen molar-refractivity contribution >= 4 is 16.5 Å². The molecule has 0 amide bonds. The Morgan fingerprint density at radius 1 is 1.58 bits per heavy atom. The van der Waals surface area contributed by atoms with Crippen molar-refractivity contribution < 1.29 is 0 Å². The fourth-order valence-electron chi connectivity index (χ4n) is 1.16. The molecule has 1 rings (SSSR count). The van der Waals surface area contributed by atoms with Crippen molar-refractivity contribution in [3.63, 3.8) is 0 Å². The molecular weight excluding hydrogens is 170 g/mol. The van der Waals surface area contributed by atoms with Crippen molar-refractivity contribution in [2.75, 3.05) is 5.32 Å². The smallest absolute Gasteiger partial charge is 0.130 e. The summed E-state index contributed by atoms with van der Waals surface area (Å²) in [6.07, 6.45) is 5.38. The van der Waals surface area contributed by atoms with Crippen molar-refractivity contribution in [1.29, 1.82) is 0 Å². The van der Waals surface area contributed by atoms with Gasteiger partial charge in [-0.3, -0.25) is 0 Å². The average molecular weight is 185 g/mol. The molecule has 0 fully saturated rings. The molecule has 1 unspecified atom stereocenters. The van der Waals surface area contributed by atoms with E-state index in [1.54, 1.807) is 6.20 Å². The molecule has 0 aliphatic rings. The summed E-state index contributed by atoms with van der Waals surface area (Å²) in [5.74, 6) is 0. The summed E-state index contributed by atoms with van der Waals surface area (Å²) in [5, 5.41) is 8.26. The van der Waals surface area contributed by atoms with Crippen LogP contribution in [0.25, 0.3) is 0 Å². The maximum Gasteiger partial charge on any atom is 0.130 e. The van der Waals surface area contributed by atoms with Gasteiger partial charge in [-0.2, -0.15) is 0 Å². The lowest BCUT2D eigenvalue weighted by Gasteiger charge is -2.14. The van der Waals surface area contributed by atoms with Gasteiger partial charge in [0.05, 0.1) is 6.20 Å². The summed E-state index contributed by atoms with van der Waals surface area (Å²) in [6.45, 7) is 4.40. The van der Waals surface area contributed by atoms with Gasteiger partial charge in [0.25, 0.3) is 0 Å². The number of aromatic nitrogens is 2. The van der Waals surface area contributed by atoms with E-state index in [0.717, 1.165) is 11.4 Å². The Hall–Kier alpha value is -0.640. The van der Waals surface area contributed by atoms with Gasteiger partial charge in [-0.1, -0.05) is 24.8 Å². The maximum absolute atomic E-state index is 3.80. The van der Waals surface area contributed by atoms with Crippen LogP contribution in [0.4, 0.5) is 5.00 Å². The minimum Gasteiger partial charge on any atom is -0.372 e. The van der Waals surface area contributed by atoms with Crippen LogP contribution in [-0.4, -0.2) is 15.6 Å². The van der Waals surface area contributed by atoms with Gasteiger partial charge in [0.2, 0.25) is 0 Å². The van der Waals surface area contributed by atoms with Crippen LogP contribution in [0.1, 0.15) is 33.1 Å². The van der Waals surface area contributed by atoms with Crippen LogP contribution in [0.2, 0.25) is 0 Å². The second-order valence-corrected chi connectivity index (χ2v) is 3.61. The first-order valence-electron chi connectivity index (χ1n) is 4.40. The monoisotopic (exact) mass is 185 g/mol. The minimum atomic E-state index is 0.581. The molecular formula is C8H15N3S. The number of anilines is 1. The van der Waals surface area contributed by atoms with Crippen LogP contribution in [0.5, 0.6) is 0 Å². The Labute approximate surface area is 77.4 Å². The van der Waals surface area contributed by atoms with Crippen molar-refractivity contribution in [3.05, 3.63) is 6.20 Å². The van der Waals surface area contributed by atoms with E-state index in [1.807, 2.05) is 0 Å². The summed E-state index contributed by atoms with van der Waals surface area (Å²) < 4.78 is 3.80. The predicted molar refractivity (Wildman–Crippen MR) is 52.5 cm³/mol. The van der Waals surface area contributed by atoms with E-state index >= 15 is 0 Å². The molecule has 68 valence electrons. The Morgan fingerprint density at radius 3 is 2.92 bits per heavy atom.